The molecule has 0 bridgehead atoms. The average molecular weight is 1050 g/mol. The average Bonchev–Trinajstić information content (AvgIpc) is 3.32. The molecule has 372 valence electrons. The summed E-state index contributed by atoms with van der Waals surface area (Å²) in [6.07, 6.45) is 1.89. The Labute approximate surface area is 377 Å². The zero-order valence-corrected chi connectivity index (χ0v) is 47.9. The number of rotatable bonds is 41. The van der Waals surface area contributed by atoms with E-state index < -0.39 is 77.8 Å². The Morgan fingerprint density at radius 1 is 0.339 bits per heavy atom. The quantitative estimate of drug-likeness (QED) is 0.0793. The van der Waals surface area contributed by atoms with Crippen LogP contribution in [0, 0.1) is 5.92 Å². The number of hydrogen-bond donors (Lipinski definition) is 0. The van der Waals surface area contributed by atoms with E-state index in [2.05, 4.69) is 0 Å². The third-order valence-electron chi connectivity index (χ3n) is 9.21. The van der Waals surface area contributed by atoms with E-state index in [-0.39, 0.29) is 50.0 Å². The molecular weight excluding hydrogens is 973 g/mol. The molecule has 0 unspecified atom stereocenters. The number of carbonyl (C=O) groups is 1. The van der Waals surface area contributed by atoms with Crippen molar-refractivity contribution in [2.75, 3.05) is 128 Å². The third-order valence-corrected chi connectivity index (χ3v) is 33.6. The fraction of sp³-hybridized carbons (Fsp3) is 0.966. The molecule has 0 aromatic carbocycles. The van der Waals surface area contributed by atoms with E-state index in [0.29, 0.717) is 6.42 Å². The van der Waals surface area contributed by atoms with E-state index >= 15 is 0 Å². The highest BCUT2D eigenvalue weighted by molar-refractivity contribution is 6.83. The number of Topliss-reactive ketones (excluding diaryl/α,β-unsaturated/α-hetero) is 1. The van der Waals surface area contributed by atoms with Gasteiger partial charge in [0.1, 0.15) is 5.78 Å². The monoisotopic (exact) mass is 1050 g/mol. The van der Waals surface area contributed by atoms with Gasteiger partial charge in [-0.25, -0.2) is 0 Å². The highest BCUT2D eigenvalue weighted by Gasteiger charge is 2.67. The second-order valence-electron chi connectivity index (χ2n) is 12.4. The topological polar surface area (TPSA) is 239 Å². The number of ketones is 1. The molecule has 0 aliphatic rings. The molecule has 0 spiro atoms. The van der Waals surface area contributed by atoms with Crippen molar-refractivity contribution in [1.29, 1.82) is 0 Å². The fourth-order valence-electron chi connectivity index (χ4n) is 5.87. The van der Waals surface area contributed by atoms with Crippen LogP contribution in [-0.4, -0.2) is 206 Å². The van der Waals surface area contributed by atoms with Crippen molar-refractivity contribution in [2.24, 2.45) is 5.92 Å². The van der Waals surface area contributed by atoms with Crippen molar-refractivity contribution >= 4 is 77.7 Å². The minimum atomic E-state index is -4.41. The van der Waals surface area contributed by atoms with Gasteiger partial charge in [0.25, 0.3) is 0 Å². The lowest BCUT2D eigenvalue weighted by atomic mass is 9.91. The Bertz CT molecular complexity index is 957. The van der Waals surface area contributed by atoms with E-state index in [1.165, 1.54) is 128 Å². The van der Waals surface area contributed by atoms with E-state index in [0.717, 1.165) is 0 Å². The van der Waals surface area contributed by atoms with Gasteiger partial charge in [0, 0.05) is 152 Å². The lowest BCUT2D eigenvalue weighted by Crippen LogP contribution is -2.69. The minimum Gasteiger partial charge on any atom is -0.355 e. The first-order valence-electron chi connectivity index (χ1n) is 19.0. The van der Waals surface area contributed by atoms with Crippen molar-refractivity contribution in [1.82, 2.24) is 0 Å². The van der Waals surface area contributed by atoms with E-state index in [9.17, 15) is 4.79 Å². The summed E-state index contributed by atoms with van der Waals surface area (Å²) < 4.78 is 141. The molecule has 0 fully saturated rings. The Kier molecular flexibility index (Phi) is 30.3. The van der Waals surface area contributed by atoms with Gasteiger partial charge in [0.05, 0.1) is 0 Å². The molecule has 62 heavy (non-hydrogen) atoms. The second-order valence-corrected chi connectivity index (χ2v) is 34.3. The molecule has 0 saturated carbocycles. The van der Waals surface area contributed by atoms with Crippen LogP contribution >= 0.6 is 0 Å². The Morgan fingerprint density at radius 2 is 0.516 bits per heavy atom. The maximum absolute atomic E-state index is 14.0. The highest BCUT2D eigenvalue weighted by Crippen LogP contribution is 2.36. The molecular formula is C29H74O25Si8. The Morgan fingerprint density at radius 3 is 0.661 bits per heavy atom. The predicted molar refractivity (Wildman–Crippen MR) is 230 cm³/mol. The summed E-state index contributed by atoms with van der Waals surface area (Å²) in [6.45, 7) is 1.91. The highest BCUT2D eigenvalue weighted by atomic mass is 28.5. The largest absolute Gasteiger partial charge is 0.671 e. The summed E-state index contributed by atoms with van der Waals surface area (Å²) in [5.41, 5.74) is 0. The first-order chi connectivity index (χ1) is 29.4. The maximum atomic E-state index is 14.0. The predicted octanol–water partition coefficient (Wildman–Crippen LogP) is 1.76. The maximum Gasteiger partial charge on any atom is 0.671 e. The molecule has 0 aliphatic heterocycles. The van der Waals surface area contributed by atoms with Crippen LogP contribution in [0.5, 0.6) is 0 Å². The molecule has 0 rings (SSSR count). The zero-order chi connectivity index (χ0) is 47.8. The number of carbonyl (C=O) groups excluding carboxylic acids is 1. The van der Waals surface area contributed by atoms with Crippen LogP contribution in [0.3, 0.4) is 0 Å². The number of hydrogen-bond acceptors (Lipinski definition) is 25. The lowest BCUT2D eigenvalue weighted by molar-refractivity contribution is -0.123. The first-order valence-corrected chi connectivity index (χ1v) is 32.7. The summed E-state index contributed by atoms with van der Waals surface area (Å²) >= 11 is 0. The van der Waals surface area contributed by atoms with Gasteiger partial charge >= 0.3 is 71.9 Å². The molecule has 0 radical (unpaired) electrons. The molecule has 0 N–H and O–H groups in total. The molecule has 0 aliphatic carbocycles. The van der Waals surface area contributed by atoms with Crippen LogP contribution < -0.4 is 0 Å². The molecule has 0 saturated heterocycles. The standard InChI is InChI=1S/C29H74O25Si8/c1-20-23-29(30)28(24-21-26-55(49-57(31-2,32-3)33-4,50-58(34-5,35-6)36-7)51-59(37-8,38-9)39-10)25-22-27-56(52-60(40-11,41-12)42-13,53-61(43-14,44-15)45-16)54-62(46-17,47-18)48-19/h28H,20-27H2,1-19H3. The van der Waals surface area contributed by atoms with Crippen molar-refractivity contribution < 1.29 is 109 Å². The molecule has 0 aromatic heterocycles. The summed E-state index contributed by atoms with van der Waals surface area (Å²) in [4.78, 5) is 14.0. The Hall–Kier alpha value is 0.445. The van der Waals surface area contributed by atoms with Crippen LogP contribution in [0.4, 0.5) is 0 Å². The molecule has 0 amide bonds. The first kappa shape index (κ1) is 62.4. The van der Waals surface area contributed by atoms with Crippen LogP contribution in [0.25, 0.3) is 0 Å². The normalized spacial score (nSPS) is 14.1. The molecule has 0 atom stereocenters. The lowest BCUT2D eigenvalue weighted by Gasteiger charge is -2.41. The Balaban J connectivity index is 7.54. The second kappa shape index (κ2) is 30.0. The third kappa shape index (κ3) is 17.2. The van der Waals surface area contributed by atoms with E-state index in [1.54, 1.807) is 0 Å². The van der Waals surface area contributed by atoms with Gasteiger partial charge in [0.2, 0.25) is 0 Å². The van der Waals surface area contributed by atoms with Crippen LogP contribution in [0.2, 0.25) is 12.1 Å². The fourth-order valence-corrected chi connectivity index (χ4v) is 31.0. The van der Waals surface area contributed by atoms with Crippen molar-refractivity contribution in [2.45, 2.75) is 57.5 Å². The van der Waals surface area contributed by atoms with Crippen LogP contribution in [-0.2, 0) is 109 Å². The summed E-state index contributed by atoms with van der Waals surface area (Å²) in [5, 5.41) is 0. The van der Waals surface area contributed by atoms with Gasteiger partial charge in [-0.1, -0.05) is 6.92 Å². The summed E-state index contributed by atoms with van der Waals surface area (Å²) in [5.74, 6) is -0.585. The minimum absolute atomic E-state index is 0.0195. The SMILES string of the molecule is CCCC(=O)C(CCC[Si](O[Si](OC)(OC)OC)(O[Si](OC)(OC)OC)O[Si](OC)(OC)OC)CCC[Si](O[Si](OC)(OC)OC)(O[Si](OC)(OC)OC)O[Si](OC)(OC)OC. The summed E-state index contributed by atoms with van der Waals surface area (Å²) in [6, 6.07) is -0.0668. The van der Waals surface area contributed by atoms with Gasteiger partial charge in [-0.05, 0) is 32.1 Å². The molecule has 25 nitrogen and oxygen atoms in total. The van der Waals surface area contributed by atoms with Gasteiger partial charge in [-0.2, -0.15) is 0 Å². The molecule has 0 heterocycles. The van der Waals surface area contributed by atoms with Gasteiger partial charge < -0.3 is 104 Å². The van der Waals surface area contributed by atoms with Gasteiger partial charge in [-0.15, -0.1) is 0 Å². The van der Waals surface area contributed by atoms with Crippen molar-refractivity contribution in [3.8, 4) is 0 Å². The summed E-state index contributed by atoms with van der Waals surface area (Å²) in [7, 11) is -8.86. The van der Waals surface area contributed by atoms with Gasteiger partial charge in [0.15, 0.2) is 0 Å². The van der Waals surface area contributed by atoms with Crippen LogP contribution in [0.1, 0.15) is 45.4 Å². The van der Waals surface area contributed by atoms with E-state index in [4.69, 9.17) is 104 Å². The van der Waals surface area contributed by atoms with E-state index in [1.807, 2.05) is 6.92 Å². The zero-order valence-electron chi connectivity index (χ0n) is 39.9. The smallest absolute Gasteiger partial charge is 0.355 e. The van der Waals surface area contributed by atoms with Gasteiger partial charge in [-0.3, -0.25) is 4.79 Å². The molecule has 33 heteroatoms. The van der Waals surface area contributed by atoms with Crippen molar-refractivity contribution in [3.63, 3.8) is 0 Å². The van der Waals surface area contributed by atoms with Crippen LogP contribution in [0.15, 0.2) is 0 Å². The molecule has 0 aromatic rings. The van der Waals surface area contributed by atoms with Crippen molar-refractivity contribution in [3.05, 3.63) is 0 Å².